The van der Waals surface area contributed by atoms with Gasteiger partial charge in [0.1, 0.15) is 0 Å². The molecule has 0 aliphatic heterocycles. The summed E-state index contributed by atoms with van der Waals surface area (Å²) in [6.45, 7) is 5.93. The van der Waals surface area contributed by atoms with Crippen molar-refractivity contribution in [3.63, 3.8) is 0 Å². The summed E-state index contributed by atoms with van der Waals surface area (Å²) in [6, 6.07) is 0. The average molecular weight is 262 g/mol. The zero-order valence-corrected chi connectivity index (χ0v) is 11.0. The van der Waals surface area contributed by atoms with Crippen LogP contribution in [-0.4, -0.2) is 28.5 Å². The van der Waals surface area contributed by atoms with Gasteiger partial charge in [-0.3, -0.25) is 19.1 Å². The Kier molecular flexibility index (Phi) is 4.16. The maximum atomic E-state index is 11.9. The number of nitrogens with zero attached hydrogens (tertiary/aromatic N) is 1. The molecule has 0 aliphatic carbocycles. The van der Waals surface area contributed by atoms with E-state index in [0.717, 1.165) is 11.3 Å². The maximum Gasteiger partial charge on any atom is 0.270 e. The van der Waals surface area contributed by atoms with Crippen LogP contribution in [0.5, 0.6) is 0 Å². The van der Waals surface area contributed by atoms with Gasteiger partial charge in [0.15, 0.2) is 0 Å². The predicted octanol–water partition coefficient (Wildman–Crippen LogP) is 0.886. The van der Waals surface area contributed by atoms with Crippen LogP contribution in [0.1, 0.15) is 37.4 Å². The van der Waals surface area contributed by atoms with E-state index in [1.165, 1.54) is 4.68 Å². The lowest BCUT2D eigenvalue weighted by Gasteiger charge is -2.00. The van der Waals surface area contributed by atoms with Crippen molar-refractivity contribution in [1.82, 2.24) is 9.78 Å². The minimum atomic E-state index is -3.96. The zero-order valence-electron chi connectivity index (χ0n) is 10.2. The fourth-order valence-electron chi connectivity index (χ4n) is 1.86. The van der Waals surface area contributed by atoms with Crippen molar-refractivity contribution in [2.75, 3.05) is 5.75 Å². The van der Waals surface area contributed by atoms with Gasteiger partial charge in [0.05, 0.1) is 5.75 Å². The summed E-state index contributed by atoms with van der Waals surface area (Å²) in [5.74, 6) is -0.212. The van der Waals surface area contributed by atoms with Crippen LogP contribution in [0.25, 0.3) is 0 Å². The first-order chi connectivity index (χ1) is 7.72. The van der Waals surface area contributed by atoms with E-state index < -0.39 is 10.1 Å². The van der Waals surface area contributed by atoms with E-state index in [-0.39, 0.29) is 30.2 Å². The highest BCUT2D eigenvalue weighted by atomic mass is 32.2. The number of aryl methyl sites for hydroxylation is 2. The molecule has 0 bridgehead atoms. The summed E-state index contributed by atoms with van der Waals surface area (Å²) in [7, 11) is -3.96. The summed E-state index contributed by atoms with van der Waals surface area (Å²) in [5, 5.41) is 2.91. The van der Waals surface area contributed by atoms with Gasteiger partial charge >= 0.3 is 0 Å². The number of aromatic amines is 1. The fraction of sp³-hybridized carbons (Fsp3) is 0.700. The number of hydrogen-bond donors (Lipinski definition) is 2. The second kappa shape index (κ2) is 5.05. The molecular weight excluding hydrogens is 244 g/mol. The minimum absolute atomic E-state index is 0.118. The summed E-state index contributed by atoms with van der Waals surface area (Å²) in [6.07, 6.45) is 0.205. The highest BCUT2D eigenvalue weighted by molar-refractivity contribution is 7.85. The number of H-pyrrole nitrogens is 1. The van der Waals surface area contributed by atoms with Crippen LogP contribution in [0.4, 0.5) is 0 Å². The molecule has 1 heterocycles. The van der Waals surface area contributed by atoms with Gasteiger partial charge in [-0.15, -0.1) is 0 Å². The molecule has 7 heteroatoms. The van der Waals surface area contributed by atoms with Crippen molar-refractivity contribution in [2.45, 2.75) is 39.7 Å². The van der Waals surface area contributed by atoms with Crippen LogP contribution in [0.15, 0.2) is 4.79 Å². The van der Waals surface area contributed by atoms with Crippen molar-refractivity contribution in [1.29, 1.82) is 0 Å². The normalized spacial score (nSPS) is 12.3. The lowest BCUT2D eigenvalue weighted by molar-refractivity contribution is 0.475. The molecular formula is C10H18N2O4S. The van der Waals surface area contributed by atoms with E-state index in [1.54, 1.807) is 0 Å². The standard InChI is InChI=1S/C10H18N2O4S/c1-7(2)9-8(3)11-12(10(9)13)5-4-6-17(14,15)16/h7,11H,4-6H2,1-3H3,(H,14,15,16). The molecule has 0 aromatic carbocycles. The van der Waals surface area contributed by atoms with E-state index in [9.17, 15) is 13.2 Å². The molecule has 2 N–H and O–H groups in total. The van der Waals surface area contributed by atoms with Gasteiger partial charge in [0, 0.05) is 17.8 Å². The summed E-state index contributed by atoms with van der Waals surface area (Å²) in [5.41, 5.74) is 1.40. The largest absolute Gasteiger partial charge is 0.300 e. The van der Waals surface area contributed by atoms with Crippen molar-refractivity contribution in [3.05, 3.63) is 21.6 Å². The molecule has 1 rings (SSSR count). The van der Waals surface area contributed by atoms with Gasteiger partial charge in [0.25, 0.3) is 15.7 Å². The average Bonchev–Trinajstić information content (AvgIpc) is 2.39. The molecule has 0 atom stereocenters. The Balaban J connectivity index is 2.81. The molecule has 17 heavy (non-hydrogen) atoms. The quantitative estimate of drug-likeness (QED) is 0.771. The lowest BCUT2D eigenvalue weighted by atomic mass is 10.1. The highest BCUT2D eigenvalue weighted by Crippen LogP contribution is 2.12. The van der Waals surface area contributed by atoms with Crippen LogP contribution >= 0.6 is 0 Å². The van der Waals surface area contributed by atoms with Crippen molar-refractivity contribution in [2.24, 2.45) is 0 Å². The smallest absolute Gasteiger partial charge is 0.270 e. The zero-order chi connectivity index (χ0) is 13.2. The molecule has 0 fully saturated rings. The van der Waals surface area contributed by atoms with E-state index >= 15 is 0 Å². The Morgan fingerprint density at radius 3 is 2.41 bits per heavy atom. The molecule has 0 unspecified atom stereocenters. The first-order valence-electron chi connectivity index (χ1n) is 5.47. The Labute approximate surface area is 100 Å². The third-order valence-corrected chi connectivity index (χ3v) is 3.35. The van der Waals surface area contributed by atoms with E-state index in [1.807, 2.05) is 20.8 Å². The maximum absolute atomic E-state index is 11.9. The predicted molar refractivity (Wildman–Crippen MR) is 64.9 cm³/mol. The Morgan fingerprint density at radius 1 is 1.41 bits per heavy atom. The summed E-state index contributed by atoms with van der Waals surface area (Å²) >= 11 is 0. The van der Waals surface area contributed by atoms with E-state index in [0.29, 0.717) is 0 Å². The molecule has 0 saturated heterocycles. The molecule has 0 aliphatic rings. The van der Waals surface area contributed by atoms with Gasteiger partial charge in [-0.2, -0.15) is 8.42 Å². The van der Waals surface area contributed by atoms with E-state index in [2.05, 4.69) is 5.10 Å². The Bertz CT molecular complexity index is 539. The molecule has 0 radical (unpaired) electrons. The SMILES string of the molecule is Cc1[nH]n(CCCS(=O)(=O)O)c(=O)c1C(C)C. The number of nitrogens with one attached hydrogen (secondary N) is 1. The van der Waals surface area contributed by atoms with Gasteiger partial charge in [0.2, 0.25) is 0 Å². The number of aromatic nitrogens is 2. The second-order valence-electron chi connectivity index (χ2n) is 4.40. The third kappa shape index (κ3) is 3.71. The number of rotatable bonds is 5. The van der Waals surface area contributed by atoms with Crippen molar-refractivity contribution < 1.29 is 13.0 Å². The molecule has 1 aromatic rings. The molecule has 0 saturated carbocycles. The van der Waals surface area contributed by atoms with Gasteiger partial charge in [-0.1, -0.05) is 13.8 Å². The molecule has 6 nitrogen and oxygen atoms in total. The lowest BCUT2D eigenvalue weighted by Crippen LogP contribution is -2.21. The topological polar surface area (TPSA) is 92.2 Å². The third-order valence-electron chi connectivity index (χ3n) is 2.54. The molecule has 0 spiro atoms. The summed E-state index contributed by atoms with van der Waals surface area (Å²) in [4.78, 5) is 11.9. The van der Waals surface area contributed by atoms with Crippen LogP contribution in [0, 0.1) is 6.92 Å². The van der Waals surface area contributed by atoms with E-state index in [4.69, 9.17) is 4.55 Å². The monoisotopic (exact) mass is 262 g/mol. The molecule has 98 valence electrons. The first-order valence-corrected chi connectivity index (χ1v) is 7.07. The Hall–Kier alpha value is -1.08. The summed E-state index contributed by atoms with van der Waals surface area (Å²) < 4.78 is 31.1. The number of hydrogen-bond acceptors (Lipinski definition) is 3. The second-order valence-corrected chi connectivity index (χ2v) is 5.97. The van der Waals surface area contributed by atoms with Crippen molar-refractivity contribution in [3.8, 4) is 0 Å². The van der Waals surface area contributed by atoms with Crippen molar-refractivity contribution >= 4 is 10.1 Å². The fourth-order valence-corrected chi connectivity index (χ4v) is 2.36. The van der Waals surface area contributed by atoms with Crippen LogP contribution in [-0.2, 0) is 16.7 Å². The minimum Gasteiger partial charge on any atom is -0.300 e. The van der Waals surface area contributed by atoms with Gasteiger partial charge in [-0.25, -0.2) is 0 Å². The van der Waals surface area contributed by atoms with Crippen LogP contribution < -0.4 is 5.56 Å². The Morgan fingerprint density at radius 2 is 2.00 bits per heavy atom. The van der Waals surface area contributed by atoms with Gasteiger partial charge < -0.3 is 0 Å². The first kappa shape index (κ1) is 14.0. The highest BCUT2D eigenvalue weighted by Gasteiger charge is 2.14. The van der Waals surface area contributed by atoms with Gasteiger partial charge in [-0.05, 0) is 19.3 Å². The van der Waals surface area contributed by atoms with Crippen LogP contribution in [0.3, 0.4) is 0 Å². The van der Waals surface area contributed by atoms with Crippen LogP contribution in [0.2, 0.25) is 0 Å². The molecule has 0 amide bonds. The molecule has 1 aromatic heterocycles.